The molecule has 2 rings (SSSR count). The number of halogens is 2. The predicted octanol–water partition coefficient (Wildman–Crippen LogP) is 4.55. The lowest BCUT2D eigenvalue weighted by Crippen LogP contribution is -2.44. The molecular formula is C19H24Cl2N2O. The van der Waals surface area contributed by atoms with E-state index in [9.17, 15) is 4.79 Å². The number of nitrogens with one attached hydrogen (secondary N) is 1. The summed E-state index contributed by atoms with van der Waals surface area (Å²) in [5.74, 6) is -0.0659. The summed E-state index contributed by atoms with van der Waals surface area (Å²) < 4.78 is 0. The lowest BCUT2D eigenvalue weighted by atomic mass is 10.0. The Labute approximate surface area is 154 Å². The first-order valence-corrected chi connectivity index (χ1v) is 8.99. The smallest absolute Gasteiger partial charge is 0.244 e. The Morgan fingerprint density at radius 1 is 1.25 bits per heavy atom. The van der Waals surface area contributed by atoms with Crippen molar-refractivity contribution in [3.8, 4) is 0 Å². The number of amides is 1. The number of benzene rings is 1. The van der Waals surface area contributed by atoms with Gasteiger partial charge in [-0.05, 0) is 50.5 Å². The summed E-state index contributed by atoms with van der Waals surface area (Å²) in [6.07, 6.45) is 7.53. The van der Waals surface area contributed by atoms with Crippen LogP contribution in [0.15, 0.2) is 35.9 Å². The molecular weight excluding hydrogens is 343 g/mol. The van der Waals surface area contributed by atoms with Crippen LogP contribution in [0.4, 0.5) is 0 Å². The Balaban J connectivity index is 1.78. The first-order chi connectivity index (χ1) is 11.4. The molecule has 0 atom stereocenters. The molecule has 1 aromatic carbocycles. The number of nitrogens with zero attached hydrogens (tertiary/aromatic N) is 1. The fourth-order valence-corrected chi connectivity index (χ4v) is 2.92. The Bertz CT molecular complexity index is 628. The predicted molar refractivity (Wildman–Crippen MR) is 103 cm³/mol. The van der Waals surface area contributed by atoms with E-state index in [1.54, 1.807) is 24.3 Å². The molecule has 1 heterocycles. The fraction of sp³-hybridized carbons (Fsp3) is 0.421. The van der Waals surface area contributed by atoms with Crippen LogP contribution in [0.1, 0.15) is 32.3 Å². The number of allylic oxidation sites excluding steroid dienone is 1. The van der Waals surface area contributed by atoms with Gasteiger partial charge in [0.15, 0.2) is 0 Å². The van der Waals surface area contributed by atoms with E-state index in [2.05, 4.69) is 30.1 Å². The highest BCUT2D eigenvalue weighted by atomic mass is 35.5. The number of hydrogen-bond donors (Lipinski definition) is 1. The second kappa shape index (κ2) is 9.26. The van der Waals surface area contributed by atoms with E-state index in [-0.39, 0.29) is 11.9 Å². The van der Waals surface area contributed by atoms with Crippen molar-refractivity contribution in [2.75, 3.05) is 19.6 Å². The van der Waals surface area contributed by atoms with Crippen LogP contribution in [0.3, 0.4) is 0 Å². The van der Waals surface area contributed by atoms with Gasteiger partial charge in [0.05, 0.1) is 10.0 Å². The van der Waals surface area contributed by atoms with E-state index < -0.39 is 0 Å². The topological polar surface area (TPSA) is 32.3 Å². The molecule has 1 amide bonds. The third-order valence-corrected chi connectivity index (χ3v) is 4.80. The van der Waals surface area contributed by atoms with Gasteiger partial charge in [0, 0.05) is 31.8 Å². The second-order valence-corrected chi connectivity index (χ2v) is 7.19. The van der Waals surface area contributed by atoms with Crippen molar-refractivity contribution in [1.29, 1.82) is 0 Å². The maximum atomic E-state index is 12.1. The van der Waals surface area contributed by atoms with Crippen LogP contribution in [0.25, 0.3) is 6.08 Å². The zero-order chi connectivity index (χ0) is 17.5. The molecule has 0 bridgehead atoms. The first kappa shape index (κ1) is 19.0. The second-order valence-electron chi connectivity index (χ2n) is 6.37. The molecule has 5 heteroatoms. The number of hydrogen-bond acceptors (Lipinski definition) is 2. The Kier molecular flexibility index (Phi) is 7.35. The van der Waals surface area contributed by atoms with Crippen molar-refractivity contribution in [3.05, 3.63) is 51.5 Å². The average molecular weight is 367 g/mol. The van der Waals surface area contributed by atoms with Gasteiger partial charge in [-0.25, -0.2) is 0 Å². The van der Waals surface area contributed by atoms with Gasteiger partial charge in [-0.2, -0.15) is 0 Å². The van der Waals surface area contributed by atoms with E-state index in [1.807, 2.05) is 6.07 Å². The molecule has 1 N–H and O–H groups in total. The summed E-state index contributed by atoms with van der Waals surface area (Å²) in [7, 11) is 0. The quantitative estimate of drug-likeness (QED) is 0.612. The zero-order valence-corrected chi connectivity index (χ0v) is 15.7. The monoisotopic (exact) mass is 366 g/mol. The highest BCUT2D eigenvalue weighted by Gasteiger charge is 2.19. The Morgan fingerprint density at radius 3 is 2.58 bits per heavy atom. The van der Waals surface area contributed by atoms with E-state index in [0.717, 1.165) is 38.0 Å². The summed E-state index contributed by atoms with van der Waals surface area (Å²) in [6, 6.07) is 5.55. The van der Waals surface area contributed by atoms with Gasteiger partial charge in [-0.15, -0.1) is 0 Å². The van der Waals surface area contributed by atoms with Crippen molar-refractivity contribution in [3.63, 3.8) is 0 Å². The molecule has 0 radical (unpaired) electrons. The highest BCUT2D eigenvalue weighted by molar-refractivity contribution is 6.42. The molecule has 1 aliphatic rings. The molecule has 0 saturated carbocycles. The molecule has 0 aliphatic carbocycles. The summed E-state index contributed by atoms with van der Waals surface area (Å²) >= 11 is 11.8. The maximum absolute atomic E-state index is 12.1. The normalized spacial score (nSPS) is 16.3. The summed E-state index contributed by atoms with van der Waals surface area (Å²) in [4.78, 5) is 14.5. The lowest BCUT2D eigenvalue weighted by Gasteiger charge is -2.31. The van der Waals surface area contributed by atoms with Gasteiger partial charge >= 0.3 is 0 Å². The van der Waals surface area contributed by atoms with Crippen molar-refractivity contribution >= 4 is 35.2 Å². The molecule has 1 aliphatic heterocycles. The first-order valence-electron chi connectivity index (χ1n) is 8.23. The molecule has 0 aromatic heterocycles. The third-order valence-electron chi connectivity index (χ3n) is 4.06. The molecule has 130 valence electrons. The Hall–Kier alpha value is -1.29. The molecule has 1 fully saturated rings. The average Bonchev–Trinajstić information content (AvgIpc) is 2.55. The van der Waals surface area contributed by atoms with Gasteiger partial charge < -0.3 is 5.32 Å². The summed E-state index contributed by atoms with van der Waals surface area (Å²) in [5, 5.41) is 4.07. The van der Waals surface area contributed by atoms with Gasteiger partial charge in [-0.3, -0.25) is 9.69 Å². The van der Waals surface area contributed by atoms with E-state index in [0.29, 0.717) is 10.0 Å². The molecule has 24 heavy (non-hydrogen) atoms. The molecule has 1 aromatic rings. The van der Waals surface area contributed by atoms with Crippen LogP contribution < -0.4 is 5.32 Å². The molecule has 0 spiro atoms. The SMILES string of the molecule is CC(C)=CCN1CCC(NC(=O)/C=C/c2ccc(Cl)c(Cl)c2)CC1. The van der Waals surface area contributed by atoms with Crippen molar-refractivity contribution < 1.29 is 4.79 Å². The van der Waals surface area contributed by atoms with Crippen LogP contribution in [-0.4, -0.2) is 36.5 Å². The lowest BCUT2D eigenvalue weighted by molar-refractivity contribution is -0.117. The van der Waals surface area contributed by atoms with Gasteiger partial charge in [-0.1, -0.05) is 40.9 Å². The van der Waals surface area contributed by atoms with E-state index >= 15 is 0 Å². The maximum Gasteiger partial charge on any atom is 0.244 e. The minimum Gasteiger partial charge on any atom is -0.350 e. The van der Waals surface area contributed by atoms with Crippen molar-refractivity contribution in [2.45, 2.75) is 32.7 Å². The minimum absolute atomic E-state index is 0.0659. The third kappa shape index (κ3) is 6.31. The number of likely N-dealkylation sites (tertiary alicyclic amines) is 1. The van der Waals surface area contributed by atoms with Crippen LogP contribution >= 0.6 is 23.2 Å². The number of rotatable bonds is 5. The minimum atomic E-state index is -0.0659. The van der Waals surface area contributed by atoms with Gasteiger partial charge in [0.25, 0.3) is 0 Å². The molecule has 3 nitrogen and oxygen atoms in total. The van der Waals surface area contributed by atoms with Crippen LogP contribution in [-0.2, 0) is 4.79 Å². The number of carbonyl (C=O) groups is 1. The number of piperidine rings is 1. The standard InChI is InChI=1S/C19H24Cl2N2O/c1-14(2)7-10-23-11-8-16(9-12-23)22-19(24)6-4-15-3-5-17(20)18(21)13-15/h3-7,13,16H,8-12H2,1-2H3,(H,22,24)/b6-4+. The molecule has 0 unspecified atom stereocenters. The highest BCUT2D eigenvalue weighted by Crippen LogP contribution is 2.23. The Morgan fingerprint density at radius 2 is 1.96 bits per heavy atom. The van der Waals surface area contributed by atoms with Crippen LogP contribution in [0.2, 0.25) is 10.0 Å². The van der Waals surface area contributed by atoms with Crippen molar-refractivity contribution in [2.24, 2.45) is 0 Å². The van der Waals surface area contributed by atoms with Crippen LogP contribution in [0.5, 0.6) is 0 Å². The van der Waals surface area contributed by atoms with E-state index in [4.69, 9.17) is 23.2 Å². The molecule has 1 saturated heterocycles. The fourth-order valence-electron chi connectivity index (χ4n) is 2.61. The van der Waals surface area contributed by atoms with Gasteiger partial charge in [0.1, 0.15) is 0 Å². The van der Waals surface area contributed by atoms with Crippen LogP contribution in [0, 0.1) is 0 Å². The summed E-state index contributed by atoms with van der Waals surface area (Å²) in [6.45, 7) is 7.27. The van der Waals surface area contributed by atoms with Crippen molar-refractivity contribution in [1.82, 2.24) is 10.2 Å². The van der Waals surface area contributed by atoms with Gasteiger partial charge in [0.2, 0.25) is 5.91 Å². The van der Waals surface area contributed by atoms with E-state index in [1.165, 1.54) is 5.57 Å². The zero-order valence-electron chi connectivity index (χ0n) is 14.2. The number of carbonyl (C=O) groups excluding carboxylic acids is 1. The largest absolute Gasteiger partial charge is 0.350 e. The summed E-state index contributed by atoms with van der Waals surface area (Å²) in [5.41, 5.74) is 2.20.